The summed E-state index contributed by atoms with van der Waals surface area (Å²) in [7, 11) is 1.46. The lowest BCUT2D eigenvalue weighted by Gasteiger charge is -2.52. The highest BCUT2D eigenvalue weighted by molar-refractivity contribution is 6.26. The zero-order valence-corrected chi connectivity index (χ0v) is 19.6. The van der Waals surface area contributed by atoms with Gasteiger partial charge in [-0.1, -0.05) is 48.5 Å². The lowest BCUT2D eigenvalue weighted by atomic mass is 9.46. The fourth-order valence-corrected chi connectivity index (χ4v) is 6.69. The van der Waals surface area contributed by atoms with Gasteiger partial charge in [0.05, 0.1) is 30.0 Å². The quantitative estimate of drug-likeness (QED) is 0.429. The molecule has 3 aromatic rings. The van der Waals surface area contributed by atoms with E-state index < -0.39 is 23.2 Å². The van der Waals surface area contributed by atoms with Crippen molar-refractivity contribution in [3.8, 4) is 5.75 Å². The van der Waals surface area contributed by atoms with E-state index in [1.807, 2.05) is 48.5 Å². The molecule has 2 amide bonds. The van der Waals surface area contributed by atoms with E-state index >= 15 is 0 Å². The molecule has 3 aromatic carbocycles. The van der Waals surface area contributed by atoms with Crippen LogP contribution >= 0.6 is 0 Å². The number of methoxy groups -OCH3 is 1. The highest BCUT2D eigenvalue weighted by Gasteiger charge is 2.70. The maximum Gasteiger partial charge on any atom is 0.239 e. The number of hydrogen-bond acceptors (Lipinski definition) is 5. The highest BCUT2D eigenvalue weighted by atomic mass is 16.5. The van der Waals surface area contributed by atoms with Crippen LogP contribution in [0.25, 0.3) is 0 Å². The SMILES string of the molecule is COc1ccc(C(C)=O)cc1N1C(=O)[C@@H]2[C@@H](C1=O)C1c3ccccc3C2(C(C)=O)c2ccccc21. The van der Waals surface area contributed by atoms with Gasteiger partial charge in [0.25, 0.3) is 0 Å². The highest BCUT2D eigenvalue weighted by Crippen LogP contribution is 2.64. The summed E-state index contributed by atoms with van der Waals surface area (Å²) in [6, 6.07) is 20.0. The molecule has 4 aliphatic rings. The first kappa shape index (κ1) is 21.5. The number of amides is 2. The zero-order valence-electron chi connectivity index (χ0n) is 19.6. The number of nitrogens with zero attached hydrogens (tertiary/aromatic N) is 1. The van der Waals surface area contributed by atoms with Crippen molar-refractivity contribution in [2.75, 3.05) is 12.0 Å². The summed E-state index contributed by atoms with van der Waals surface area (Å²) in [4.78, 5) is 55.3. The third-order valence-corrected chi connectivity index (χ3v) is 8.00. The molecule has 6 nitrogen and oxygen atoms in total. The number of Topliss-reactive ketones (excluding diaryl/α,β-unsaturated/α-hetero) is 2. The van der Waals surface area contributed by atoms with Crippen LogP contribution in [0.4, 0.5) is 5.69 Å². The van der Waals surface area contributed by atoms with Gasteiger partial charge in [-0.25, -0.2) is 4.90 Å². The van der Waals surface area contributed by atoms with Crippen LogP contribution in [-0.4, -0.2) is 30.5 Å². The maximum atomic E-state index is 14.2. The molecule has 0 aromatic heterocycles. The first-order valence-corrected chi connectivity index (χ1v) is 11.6. The molecule has 1 saturated heterocycles. The van der Waals surface area contributed by atoms with Crippen LogP contribution in [-0.2, 0) is 19.8 Å². The largest absolute Gasteiger partial charge is 0.495 e. The fourth-order valence-electron chi connectivity index (χ4n) is 6.69. The van der Waals surface area contributed by atoms with Gasteiger partial charge in [-0.2, -0.15) is 0 Å². The average molecular weight is 466 g/mol. The fraction of sp³-hybridized carbons (Fsp3) is 0.241. The summed E-state index contributed by atoms with van der Waals surface area (Å²) in [5, 5.41) is 0. The van der Waals surface area contributed by atoms with Crippen molar-refractivity contribution in [1.29, 1.82) is 0 Å². The third kappa shape index (κ3) is 2.49. The van der Waals surface area contributed by atoms with Gasteiger partial charge in [-0.15, -0.1) is 0 Å². The molecule has 0 unspecified atom stereocenters. The lowest BCUT2D eigenvalue weighted by molar-refractivity contribution is -0.132. The second-order valence-electron chi connectivity index (χ2n) is 9.47. The van der Waals surface area contributed by atoms with Crippen LogP contribution in [0.5, 0.6) is 5.75 Å². The van der Waals surface area contributed by atoms with Gasteiger partial charge in [-0.05, 0) is 54.3 Å². The Morgan fingerprint density at radius 2 is 1.46 bits per heavy atom. The van der Waals surface area contributed by atoms with E-state index in [1.165, 1.54) is 27.0 Å². The average Bonchev–Trinajstić information content (AvgIpc) is 3.13. The number of rotatable bonds is 4. The summed E-state index contributed by atoms with van der Waals surface area (Å²) in [6.45, 7) is 2.94. The normalized spacial score (nSPS) is 25.7. The minimum atomic E-state index is -1.26. The Morgan fingerprint density at radius 3 is 2.00 bits per heavy atom. The molecule has 7 rings (SSSR count). The number of ketones is 2. The number of carbonyl (C=O) groups is 4. The van der Waals surface area contributed by atoms with Crippen LogP contribution in [0, 0.1) is 11.8 Å². The molecule has 6 heteroatoms. The Labute approximate surface area is 202 Å². The topological polar surface area (TPSA) is 80.8 Å². The van der Waals surface area contributed by atoms with Gasteiger partial charge in [0, 0.05) is 11.5 Å². The minimum absolute atomic E-state index is 0.169. The van der Waals surface area contributed by atoms with Crippen LogP contribution in [0.1, 0.15) is 52.4 Å². The van der Waals surface area contributed by atoms with Crippen molar-refractivity contribution in [3.63, 3.8) is 0 Å². The molecule has 3 aliphatic carbocycles. The van der Waals surface area contributed by atoms with Gasteiger partial charge in [0.2, 0.25) is 11.8 Å². The van der Waals surface area contributed by atoms with Crippen molar-refractivity contribution in [2.45, 2.75) is 25.2 Å². The third-order valence-electron chi connectivity index (χ3n) is 8.00. The van der Waals surface area contributed by atoms with E-state index in [0.29, 0.717) is 11.3 Å². The molecule has 2 atom stereocenters. The summed E-state index contributed by atoms with van der Waals surface area (Å²) >= 11 is 0. The number of carbonyl (C=O) groups excluding carboxylic acids is 4. The van der Waals surface area contributed by atoms with E-state index in [0.717, 1.165) is 27.2 Å². The minimum Gasteiger partial charge on any atom is -0.495 e. The number of anilines is 1. The Balaban J connectivity index is 1.65. The Hall–Kier alpha value is -4.06. The molecule has 1 fully saturated rings. The Kier molecular flexibility index (Phi) is 4.43. The molecule has 174 valence electrons. The molecule has 0 N–H and O–H groups in total. The lowest BCUT2D eigenvalue weighted by Crippen LogP contribution is -2.57. The molecular weight excluding hydrogens is 442 g/mol. The van der Waals surface area contributed by atoms with E-state index in [1.54, 1.807) is 12.1 Å². The number of hydrogen-bond donors (Lipinski definition) is 0. The number of benzene rings is 3. The molecule has 0 radical (unpaired) electrons. The van der Waals surface area contributed by atoms with Gasteiger partial charge >= 0.3 is 0 Å². The molecule has 1 heterocycles. The first-order chi connectivity index (χ1) is 16.8. The monoisotopic (exact) mass is 465 g/mol. The molecule has 2 bridgehead atoms. The number of imide groups is 1. The maximum absolute atomic E-state index is 14.2. The summed E-state index contributed by atoms with van der Waals surface area (Å²) in [6.07, 6.45) is 0. The van der Waals surface area contributed by atoms with Crippen LogP contribution in [0.15, 0.2) is 66.7 Å². The van der Waals surface area contributed by atoms with Crippen molar-refractivity contribution in [2.24, 2.45) is 11.8 Å². The molecular formula is C29H23NO5. The second-order valence-corrected chi connectivity index (χ2v) is 9.47. The van der Waals surface area contributed by atoms with Gasteiger partial charge in [-0.3, -0.25) is 19.2 Å². The van der Waals surface area contributed by atoms with E-state index in [2.05, 4.69) is 0 Å². The summed E-state index contributed by atoms with van der Waals surface area (Å²) < 4.78 is 5.48. The van der Waals surface area contributed by atoms with Crippen LogP contribution in [0.2, 0.25) is 0 Å². The zero-order chi connectivity index (χ0) is 24.6. The van der Waals surface area contributed by atoms with Crippen molar-refractivity contribution < 1.29 is 23.9 Å². The van der Waals surface area contributed by atoms with Crippen molar-refractivity contribution >= 4 is 29.1 Å². The number of ether oxygens (including phenoxy) is 1. The summed E-state index contributed by atoms with van der Waals surface area (Å²) in [5.74, 6) is -2.83. The van der Waals surface area contributed by atoms with Crippen LogP contribution in [0.3, 0.4) is 0 Å². The van der Waals surface area contributed by atoms with Gasteiger partial charge in [0.1, 0.15) is 11.5 Å². The molecule has 0 saturated carbocycles. The second kappa shape index (κ2) is 7.22. The standard InChI is InChI=1S/C29H23NO5/c1-15(31)17-12-13-23(35-3)22(14-17)30-27(33)25-24-18-8-4-6-10-20(18)29(16(2)32,26(25)28(30)34)21-11-7-5-9-19(21)24/h4-14,24-26H,1-3H3/t24?,25-,26-,29?/m0/s1. The predicted octanol–water partition coefficient (Wildman–Crippen LogP) is 4.04. The van der Waals surface area contributed by atoms with E-state index in [4.69, 9.17) is 4.74 Å². The van der Waals surface area contributed by atoms with Crippen molar-refractivity contribution in [1.82, 2.24) is 0 Å². The molecule has 0 spiro atoms. The van der Waals surface area contributed by atoms with E-state index in [9.17, 15) is 19.2 Å². The van der Waals surface area contributed by atoms with Crippen molar-refractivity contribution in [3.05, 3.63) is 94.5 Å². The summed E-state index contributed by atoms with van der Waals surface area (Å²) in [5.41, 5.74) is 2.75. The smallest absolute Gasteiger partial charge is 0.239 e. The van der Waals surface area contributed by atoms with Gasteiger partial charge < -0.3 is 4.74 Å². The van der Waals surface area contributed by atoms with Gasteiger partial charge in [0.15, 0.2) is 5.78 Å². The van der Waals surface area contributed by atoms with Crippen LogP contribution < -0.4 is 9.64 Å². The molecule has 35 heavy (non-hydrogen) atoms. The first-order valence-electron chi connectivity index (χ1n) is 11.6. The Bertz CT molecular complexity index is 1420. The predicted molar refractivity (Wildman–Crippen MR) is 129 cm³/mol. The Morgan fingerprint density at radius 1 is 0.857 bits per heavy atom. The molecule has 1 aliphatic heterocycles. The van der Waals surface area contributed by atoms with E-state index in [-0.39, 0.29) is 29.1 Å².